The molecule has 0 N–H and O–H groups in total. The standard InChI is InChI=1S/C21H22ClNO3S/c1-21(2,3)15-8-4-14(5-9-15)19-23(17(12-27-19)20(25)26)18(24)13-6-10-16(22)11-7-13/h4-11,17,19H,12H2,1-3H3,(H,25,26)/p-1/t17-,19-/m1/s1. The predicted molar refractivity (Wildman–Crippen MR) is 107 cm³/mol. The van der Waals surface area contributed by atoms with Crippen LogP contribution in [0.2, 0.25) is 5.02 Å². The molecular weight excluding hydrogens is 382 g/mol. The summed E-state index contributed by atoms with van der Waals surface area (Å²) >= 11 is 7.34. The molecule has 0 saturated carbocycles. The van der Waals surface area contributed by atoms with Crippen molar-refractivity contribution in [1.82, 2.24) is 4.90 Å². The topological polar surface area (TPSA) is 60.4 Å². The highest BCUT2D eigenvalue weighted by atomic mass is 35.5. The number of carbonyl (C=O) groups excluding carboxylic acids is 2. The number of benzene rings is 2. The van der Waals surface area contributed by atoms with Gasteiger partial charge in [-0.15, -0.1) is 11.8 Å². The van der Waals surface area contributed by atoms with Crippen molar-refractivity contribution in [2.75, 3.05) is 5.75 Å². The molecule has 142 valence electrons. The van der Waals surface area contributed by atoms with Crippen LogP contribution in [0.1, 0.15) is 47.6 Å². The Morgan fingerprint density at radius 1 is 1.07 bits per heavy atom. The van der Waals surface area contributed by atoms with Crippen molar-refractivity contribution in [3.8, 4) is 0 Å². The first kappa shape index (κ1) is 19.8. The molecule has 1 heterocycles. The number of nitrogens with zero attached hydrogens (tertiary/aromatic N) is 1. The van der Waals surface area contributed by atoms with E-state index in [0.717, 1.165) is 5.56 Å². The van der Waals surface area contributed by atoms with E-state index in [-0.39, 0.29) is 16.7 Å². The Bertz CT molecular complexity index is 843. The van der Waals surface area contributed by atoms with Gasteiger partial charge in [0, 0.05) is 16.3 Å². The monoisotopic (exact) mass is 402 g/mol. The minimum absolute atomic E-state index is 0.0215. The third-order valence-corrected chi connectivity index (χ3v) is 6.24. The van der Waals surface area contributed by atoms with Crippen LogP contribution in [-0.4, -0.2) is 28.6 Å². The third kappa shape index (κ3) is 4.14. The number of hydrogen-bond acceptors (Lipinski definition) is 4. The van der Waals surface area contributed by atoms with Gasteiger partial charge in [0.2, 0.25) is 0 Å². The van der Waals surface area contributed by atoms with Gasteiger partial charge in [0.1, 0.15) is 5.37 Å². The highest BCUT2D eigenvalue weighted by Gasteiger charge is 2.39. The minimum atomic E-state index is -1.24. The molecule has 4 nitrogen and oxygen atoms in total. The Hall–Kier alpha value is -1.98. The van der Waals surface area contributed by atoms with Crippen molar-refractivity contribution in [2.45, 2.75) is 37.6 Å². The third-order valence-electron chi connectivity index (χ3n) is 4.66. The molecule has 1 aliphatic rings. The van der Waals surface area contributed by atoms with Gasteiger partial charge in [0.25, 0.3) is 5.91 Å². The number of aliphatic carboxylic acids is 1. The van der Waals surface area contributed by atoms with Gasteiger partial charge >= 0.3 is 0 Å². The second kappa shape index (κ2) is 7.56. The van der Waals surface area contributed by atoms with Crippen LogP contribution in [0.4, 0.5) is 0 Å². The summed E-state index contributed by atoms with van der Waals surface area (Å²) in [7, 11) is 0. The zero-order valence-electron chi connectivity index (χ0n) is 15.4. The fourth-order valence-corrected chi connectivity index (χ4v) is 4.62. The summed E-state index contributed by atoms with van der Waals surface area (Å²) in [6.07, 6.45) is 0. The number of carboxylic acids is 1. The zero-order valence-corrected chi connectivity index (χ0v) is 17.0. The molecule has 0 unspecified atom stereocenters. The molecule has 3 rings (SSSR count). The van der Waals surface area contributed by atoms with E-state index in [2.05, 4.69) is 20.8 Å². The number of hydrogen-bond donors (Lipinski definition) is 0. The van der Waals surface area contributed by atoms with Gasteiger partial charge in [0.05, 0.1) is 12.0 Å². The summed E-state index contributed by atoms with van der Waals surface area (Å²) < 4.78 is 0. The highest BCUT2D eigenvalue weighted by molar-refractivity contribution is 7.99. The Morgan fingerprint density at radius 3 is 2.19 bits per heavy atom. The molecule has 0 bridgehead atoms. The molecule has 0 spiro atoms. The van der Waals surface area contributed by atoms with E-state index in [0.29, 0.717) is 16.3 Å². The van der Waals surface area contributed by atoms with Crippen LogP contribution in [0.5, 0.6) is 0 Å². The van der Waals surface area contributed by atoms with Crippen molar-refractivity contribution in [3.05, 3.63) is 70.2 Å². The quantitative estimate of drug-likeness (QED) is 0.786. The SMILES string of the molecule is CC(C)(C)c1ccc([C@H]2SC[C@H](C(=O)[O-])N2C(=O)c2ccc(Cl)cc2)cc1. The van der Waals surface area contributed by atoms with Crippen molar-refractivity contribution >= 4 is 35.2 Å². The van der Waals surface area contributed by atoms with Gasteiger partial charge in [0.15, 0.2) is 0 Å². The van der Waals surface area contributed by atoms with Gasteiger partial charge < -0.3 is 14.8 Å². The van der Waals surface area contributed by atoms with Crippen molar-refractivity contribution < 1.29 is 14.7 Å². The Morgan fingerprint density at radius 2 is 1.67 bits per heavy atom. The Kier molecular flexibility index (Phi) is 5.54. The van der Waals surface area contributed by atoms with Crippen LogP contribution in [0.3, 0.4) is 0 Å². The molecule has 2 aromatic rings. The predicted octanol–water partition coefficient (Wildman–Crippen LogP) is 3.64. The van der Waals surface area contributed by atoms with Crippen LogP contribution in [0.25, 0.3) is 0 Å². The van der Waals surface area contributed by atoms with Gasteiger partial charge in [-0.25, -0.2) is 0 Å². The van der Waals surface area contributed by atoms with E-state index in [4.69, 9.17) is 11.6 Å². The molecule has 2 aromatic carbocycles. The lowest BCUT2D eigenvalue weighted by Crippen LogP contribution is -2.49. The van der Waals surface area contributed by atoms with E-state index in [1.165, 1.54) is 22.2 Å². The maximum atomic E-state index is 13.1. The Balaban J connectivity index is 1.95. The molecule has 1 amide bonds. The summed E-state index contributed by atoms with van der Waals surface area (Å²) in [5.41, 5.74) is 2.51. The van der Waals surface area contributed by atoms with Crippen LogP contribution in [0.15, 0.2) is 48.5 Å². The molecular formula is C21H21ClNO3S-. The lowest BCUT2D eigenvalue weighted by atomic mass is 9.86. The van der Waals surface area contributed by atoms with Gasteiger partial charge in [-0.2, -0.15) is 0 Å². The number of rotatable bonds is 3. The van der Waals surface area contributed by atoms with E-state index >= 15 is 0 Å². The summed E-state index contributed by atoms with van der Waals surface area (Å²) in [5.74, 6) is -1.28. The minimum Gasteiger partial charge on any atom is -0.548 e. The van der Waals surface area contributed by atoms with Crippen molar-refractivity contribution in [1.29, 1.82) is 0 Å². The molecule has 27 heavy (non-hydrogen) atoms. The summed E-state index contributed by atoms with van der Waals surface area (Å²) in [5, 5.41) is 11.8. The molecule has 2 atom stereocenters. The van der Waals surface area contributed by atoms with E-state index in [1.807, 2.05) is 24.3 Å². The first-order valence-electron chi connectivity index (χ1n) is 8.69. The summed E-state index contributed by atoms with van der Waals surface area (Å²) in [6.45, 7) is 6.40. The average Bonchev–Trinajstić information content (AvgIpc) is 3.06. The molecule has 1 saturated heterocycles. The van der Waals surface area contributed by atoms with E-state index in [1.54, 1.807) is 24.3 Å². The maximum absolute atomic E-state index is 13.1. The molecule has 1 fully saturated rings. The van der Waals surface area contributed by atoms with Gasteiger partial charge in [-0.05, 0) is 40.8 Å². The Labute approximate surface area is 168 Å². The van der Waals surface area contributed by atoms with Crippen LogP contribution >= 0.6 is 23.4 Å². The smallest absolute Gasteiger partial charge is 0.255 e. The molecule has 0 radical (unpaired) electrons. The molecule has 6 heteroatoms. The van der Waals surface area contributed by atoms with E-state index < -0.39 is 12.0 Å². The maximum Gasteiger partial charge on any atom is 0.255 e. The number of halogens is 1. The summed E-state index contributed by atoms with van der Waals surface area (Å²) in [6, 6.07) is 13.5. The molecule has 1 aliphatic heterocycles. The van der Waals surface area contributed by atoms with Crippen LogP contribution < -0.4 is 5.11 Å². The van der Waals surface area contributed by atoms with Crippen molar-refractivity contribution in [2.24, 2.45) is 0 Å². The fourth-order valence-electron chi connectivity index (χ4n) is 3.08. The average molecular weight is 403 g/mol. The second-order valence-electron chi connectivity index (χ2n) is 7.61. The highest BCUT2D eigenvalue weighted by Crippen LogP contribution is 2.42. The number of amides is 1. The number of carbonyl (C=O) groups is 2. The van der Waals surface area contributed by atoms with Gasteiger partial charge in [-0.3, -0.25) is 4.79 Å². The fraction of sp³-hybridized carbons (Fsp3) is 0.333. The van der Waals surface area contributed by atoms with Crippen molar-refractivity contribution in [3.63, 3.8) is 0 Å². The molecule has 0 aromatic heterocycles. The van der Waals surface area contributed by atoms with Gasteiger partial charge in [-0.1, -0.05) is 56.6 Å². The normalized spacial score (nSPS) is 19.9. The molecule has 0 aliphatic carbocycles. The first-order valence-corrected chi connectivity index (χ1v) is 10.1. The zero-order chi connectivity index (χ0) is 19.8. The first-order chi connectivity index (χ1) is 12.7. The van der Waals surface area contributed by atoms with E-state index in [9.17, 15) is 14.7 Å². The largest absolute Gasteiger partial charge is 0.548 e. The van der Waals surface area contributed by atoms with Crippen LogP contribution in [0, 0.1) is 0 Å². The summed E-state index contributed by atoms with van der Waals surface area (Å²) in [4.78, 5) is 26.1. The number of thioether (sulfide) groups is 1. The van der Waals surface area contributed by atoms with Crippen LogP contribution in [-0.2, 0) is 10.2 Å². The lowest BCUT2D eigenvalue weighted by Gasteiger charge is -2.30. The second-order valence-corrected chi connectivity index (χ2v) is 9.16. The lowest BCUT2D eigenvalue weighted by molar-refractivity contribution is -0.310. The number of carboxylic acid groups (broad SMARTS) is 1.